The first-order chi connectivity index (χ1) is 9.15. The van der Waals surface area contributed by atoms with Gasteiger partial charge in [-0.3, -0.25) is 4.98 Å². The fraction of sp³-hybridized carbons (Fsp3) is 0.0714. The summed E-state index contributed by atoms with van der Waals surface area (Å²) >= 11 is 0. The fourth-order valence-electron chi connectivity index (χ4n) is 2.00. The topological polar surface area (TPSA) is 76.2 Å². The third kappa shape index (κ3) is 1.95. The van der Waals surface area contributed by atoms with E-state index in [2.05, 4.69) is 9.97 Å². The molecule has 0 aliphatic carbocycles. The third-order valence-corrected chi connectivity index (χ3v) is 2.82. The zero-order chi connectivity index (χ0) is 13.4. The second kappa shape index (κ2) is 4.20. The van der Waals surface area contributed by atoms with Crippen molar-refractivity contribution >= 4 is 17.1 Å². The number of hydrogen-bond donors (Lipinski definition) is 1. The molecule has 0 aliphatic heterocycles. The number of furan rings is 1. The Hall–Kier alpha value is -2.69. The Morgan fingerprint density at radius 3 is 2.89 bits per heavy atom. The van der Waals surface area contributed by atoms with Gasteiger partial charge in [-0.15, -0.1) is 0 Å². The first kappa shape index (κ1) is 11.4. The summed E-state index contributed by atoms with van der Waals surface area (Å²) in [6.45, 7) is 1.84. The fourth-order valence-corrected chi connectivity index (χ4v) is 2.00. The Balaban J connectivity index is 2.32. The van der Waals surface area contributed by atoms with E-state index in [-0.39, 0.29) is 5.76 Å². The highest BCUT2D eigenvalue weighted by Gasteiger charge is 2.15. The van der Waals surface area contributed by atoms with E-state index in [0.717, 1.165) is 16.8 Å². The van der Waals surface area contributed by atoms with Gasteiger partial charge in [0.25, 0.3) is 0 Å². The van der Waals surface area contributed by atoms with Gasteiger partial charge in [-0.05, 0) is 24.6 Å². The Bertz CT molecular complexity index is 763. The minimum Gasteiger partial charge on any atom is -0.475 e. The molecule has 94 valence electrons. The molecule has 0 saturated carbocycles. The first-order valence-electron chi connectivity index (χ1n) is 5.70. The van der Waals surface area contributed by atoms with E-state index in [0.29, 0.717) is 11.1 Å². The highest BCUT2D eigenvalue weighted by Crippen LogP contribution is 2.30. The number of carbonyl (C=O) groups is 1. The first-order valence-corrected chi connectivity index (χ1v) is 5.70. The van der Waals surface area contributed by atoms with Crippen LogP contribution in [0.15, 0.2) is 41.1 Å². The molecule has 0 aromatic carbocycles. The van der Waals surface area contributed by atoms with Gasteiger partial charge in [0, 0.05) is 35.1 Å². The second-order valence-electron chi connectivity index (χ2n) is 4.19. The number of pyridine rings is 2. The van der Waals surface area contributed by atoms with Crippen molar-refractivity contribution in [2.75, 3.05) is 0 Å². The smallest absolute Gasteiger partial charge is 0.371 e. The molecule has 0 fully saturated rings. The van der Waals surface area contributed by atoms with Gasteiger partial charge in [0.2, 0.25) is 11.5 Å². The Morgan fingerprint density at radius 1 is 1.37 bits per heavy atom. The largest absolute Gasteiger partial charge is 0.475 e. The summed E-state index contributed by atoms with van der Waals surface area (Å²) in [5.74, 6) is -1.22. The number of nitrogens with zero attached hydrogens (tertiary/aromatic N) is 2. The summed E-state index contributed by atoms with van der Waals surface area (Å²) in [6.07, 6.45) is 3.41. The van der Waals surface area contributed by atoms with Crippen LogP contribution in [0.5, 0.6) is 0 Å². The van der Waals surface area contributed by atoms with E-state index < -0.39 is 5.97 Å². The number of hydrogen-bond acceptors (Lipinski definition) is 4. The molecule has 0 radical (unpaired) electrons. The lowest BCUT2D eigenvalue weighted by molar-refractivity contribution is 0.0664. The van der Waals surface area contributed by atoms with E-state index in [9.17, 15) is 4.79 Å². The summed E-state index contributed by atoms with van der Waals surface area (Å²) in [7, 11) is 0. The molecule has 1 N–H and O–H groups in total. The lowest BCUT2D eigenvalue weighted by Gasteiger charge is -2.03. The highest BCUT2D eigenvalue weighted by molar-refractivity contribution is 5.97. The van der Waals surface area contributed by atoms with Crippen molar-refractivity contribution in [1.82, 2.24) is 9.97 Å². The van der Waals surface area contributed by atoms with Crippen molar-refractivity contribution in [2.45, 2.75) is 6.92 Å². The van der Waals surface area contributed by atoms with Gasteiger partial charge in [0.05, 0.1) is 0 Å². The molecule has 19 heavy (non-hydrogen) atoms. The molecule has 3 aromatic heterocycles. The summed E-state index contributed by atoms with van der Waals surface area (Å²) in [5, 5.41) is 9.66. The molecule has 0 unspecified atom stereocenters. The summed E-state index contributed by atoms with van der Waals surface area (Å²) in [6, 6.07) is 7.12. The number of rotatable bonds is 2. The minimum atomic E-state index is -1.10. The zero-order valence-corrected chi connectivity index (χ0v) is 10.1. The number of aryl methyl sites for hydroxylation is 1. The number of aromatic nitrogens is 2. The summed E-state index contributed by atoms with van der Waals surface area (Å²) in [4.78, 5) is 19.3. The van der Waals surface area contributed by atoms with Gasteiger partial charge in [-0.1, -0.05) is 6.07 Å². The van der Waals surface area contributed by atoms with Gasteiger partial charge >= 0.3 is 5.97 Å². The van der Waals surface area contributed by atoms with Crippen LogP contribution in [0.3, 0.4) is 0 Å². The predicted molar refractivity (Wildman–Crippen MR) is 68.9 cm³/mol. The SMILES string of the molecule is Cc1cc(-c2cccnc2)c2cc(C(=O)O)oc2n1. The normalized spacial score (nSPS) is 10.8. The van der Waals surface area contributed by atoms with Crippen LogP contribution in [-0.4, -0.2) is 21.0 Å². The molecule has 5 heteroatoms. The summed E-state index contributed by atoms with van der Waals surface area (Å²) in [5.41, 5.74) is 2.86. The Morgan fingerprint density at radius 2 is 2.21 bits per heavy atom. The lowest BCUT2D eigenvalue weighted by Crippen LogP contribution is -1.91. The van der Waals surface area contributed by atoms with Crippen molar-refractivity contribution in [3.63, 3.8) is 0 Å². The lowest BCUT2D eigenvalue weighted by atomic mass is 10.0. The molecule has 0 saturated heterocycles. The van der Waals surface area contributed by atoms with Gasteiger partial charge in [0.1, 0.15) is 0 Å². The van der Waals surface area contributed by atoms with Crippen LogP contribution in [0, 0.1) is 6.92 Å². The molecular formula is C14H10N2O3. The van der Waals surface area contributed by atoms with Crippen LogP contribution in [0.2, 0.25) is 0 Å². The van der Waals surface area contributed by atoms with Gasteiger partial charge in [-0.2, -0.15) is 0 Å². The van der Waals surface area contributed by atoms with Crippen LogP contribution >= 0.6 is 0 Å². The van der Waals surface area contributed by atoms with Crippen molar-refractivity contribution < 1.29 is 14.3 Å². The quantitative estimate of drug-likeness (QED) is 0.760. The van der Waals surface area contributed by atoms with Gasteiger partial charge in [-0.25, -0.2) is 9.78 Å². The molecule has 0 aliphatic rings. The highest BCUT2D eigenvalue weighted by atomic mass is 16.4. The molecule has 0 atom stereocenters. The Labute approximate surface area is 108 Å². The Kier molecular flexibility index (Phi) is 2.52. The molecule has 3 heterocycles. The van der Waals surface area contributed by atoms with E-state index in [1.54, 1.807) is 12.4 Å². The van der Waals surface area contributed by atoms with Crippen molar-refractivity contribution in [2.24, 2.45) is 0 Å². The minimum absolute atomic E-state index is 0.113. The van der Waals surface area contributed by atoms with Crippen molar-refractivity contribution in [3.05, 3.63) is 48.1 Å². The van der Waals surface area contributed by atoms with Gasteiger partial charge < -0.3 is 9.52 Å². The van der Waals surface area contributed by atoms with Crippen molar-refractivity contribution in [1.29, 1.82) is 0 Å². The standard InChI is InChI=1S/C14H10N2O3/c1-8-5-10(9-3-2-4-15-7-9)11-6-12(14(17)18)19-13(11)16-8/h2-7H,1H3,(H,17,18). The summed E-state index contributed by atoms with van der Waals surface area (Å²) < 4.78 is 5.24. The van der Waals surface area contributed by atoms with Crippen LogP contribution in [0.25, 0.3) is 22.2 Å². The average Bonchev–Trinajstić information content (AvgIpc) is 2.82. The maximum Gasteiger partial charge on any atom is 0.371 e. The maximum absolute atomic E-state index is 11.0. The van der Waals surface area contributed by atoms with E-state index in [1.807, 2.05) is 25.1 Å². The second-order valence-corrected chi connectivity index (χ2v) is 4.19. The van der Waals surface area contributed by atoms with Crippen LogP contribution in [0.4, 0.5) is 0 Å². The number of carboxylic acids is 1. The van der Waals surface area contributed by atoms with Crippen LogP contribution < -0.4 is 0 Å². The third-order valence-electron chi connectivity index (χ3n) is 2.82. The van der Waals surface area contributed by atoms with E-state index >= 15 is 0 Å². The number of aromatic carboxylic acids is 1. The predicted octanol–water partition coefficient (Wildman–Crippen LogP) is 2.90. The zero-order valence-electron chi connectivity index (χ0n) is 10.1. The maximum atomic E-state index is 11.0. The number of carboxylic acid groups (broad SMARTS) is 1. The van der Waals surface area contributed by atoms with Crippen LogP contribution in [-0.2, 0) is 0 Å². The molecule has 3 aromatic rings. The van der Waals surface area contributed by atoms with Crippen LogP contribution in [0.1, 0.15) is 16.2 Å². The van der Waals surface area contributed by atoms with E-state index in [1.165, 1.54) is 6.07 Å². The van der Waals surface area contributed by atoms with Crippen molar-refractivity contribution in [3.8, 4) is 11.1 Å². The molecule has 0 spiro atoms. The molecule has 0 bridgehead atoms. The number of fused-ring (bicyclic) bond motifs is 1. The molecule has 3 rings (SSSR count). The van der Waals surface area contributed by atoms with Gasteiger partial charge in [0.15, 0.2) is 0 Å². The monoisotopic (exact) mass is 254 g/mol. The average molecular weight is 254 g/mol. The molecule has 5 nitrogen and oxygen atoms in total. The molecular weight excluding hydrogens is 244 g/mol. The van der Waals surface area contributed by atoms with E-state index in [4.69, 9.17) is 9.52 Å². The molecule has 0 amide bonds.